The van der Waals surface area contributed by atoms with Gasteiger partial charge < -0.3 is 35.6 Å². The third-order valence-electron chi connectivity index (χ3n) is 19.1. The molecule has 5 aliphatic heterocycles. The van der Waals surface area contributed by atoms with Gasteiger partial charge in [0.2, 0.25) is 5.91 Å². The number of nitrogens with two attached hydrogens (primary N) is 1. The smallest absolute Gasteiger partial charge is 0.302 e. The molecule has 370 valence electrons. The first-order chi connectivity index (χ1) is 33.4. The summed E-state index contributed by atoms with van der Waals surface area (Å²) in [5.41, 5.74) is 9.65. The molecule has 5 heterocycles. The molecule has 5 spiro atoms. The fourth-order valence-corrected chi connectivity index (χ4v) is 19.2. The molecular formula is C57H74N4O6S2. The summed E-state index contributed by atoms with van der Waals surface area (Å²) in [7, 11) is 3.99. The summed E-state index contributed by atoms with van der Waals surface area (Å²) >= 11 is 0. The number of ether oxygens (including phenoxy) is 2. The zero-order chi connectivity index (χ0) is 47.4. The minimum Gasteiger partial charge on any atom is -0.504 e. The number of rotatable bonds is 2. The Balaban J connectivity index is 1.00. The number of aliphatic imine (C=N–C) groups is 1. The molecule has 5 aliphatic carbocycles. The van der Waals surface area contributed by atoms with Crippen molar-refractivity contribution in [2.45, 2.75) is 189 Å². The van der Waals surface area contributed by atoms with Crippen molar-refractivity contribution in [2.75, 3.05) is 18.8 Å². The number of allylic oxidation sites excluding steroid dienone is 1. The van der Waals surface area contributed by atoms with Gasteiger partial charge in [-0.1, -0.05) is 83.2 Å². The van der Waals surface area contributed by atoms with E-state index in [1.54, 1.807) is 0 Å². The van der Waals surface area contributed by atoms with Crippen LogP contribution in [0.15, 0.2) is 53.5 Å². The van der Waals surface area contributed by atoms with Crippen LogP contribution in [0.4, 0.5) is 0 Å². The van der Waals surface area contributed by atoms with E-state index in [1.807, 2.05) is 26.5 Å². The van der Waals surface area contributed by atoms with Crippen molar-refractivity contribution in [3.63, 3.8) is 0 Å². The summed E-state index contributed by atoms with van der Waals surface area (Å²) in [5.74, 6) is 10.8. The highest BCUT2D eigenvalue weighted by Gasteiger charge is 2.65. The lowest BCUT2D eigenvalue weighted by Gasteiger charge is -2.45. The van der Waals surface area contributed by atoms with Gasteiger partial charge in [-0.25, -0.2) is 0 Å². The van der Waals surface area contributed by atoms with Crippen molar-refractivity contribution < 1.29 is 29.3 Å². The number of aliphatic hydroxyl groups is 1. The first-order valence-electron chi connectivity index (χ1n) is 26.8. The van der Waals surface area contributed by atoms with Crippen LogP contribution in [0, 0.1) is 39.9 Å². The van der Waals surface area contributed by atoms with Crippen LogP contribution in [0.3, 0.4) is 0 Å². The molecule has 5 N–H and O–H groups in total. The summed E-state index contributed by atoms with van der Waals surface area (Å²) in [6, 6.07) is 12.9. The number of nitrogens with one attached hydrogen (secondary N) is 1. The molecule has 69 heavy (non-hydrogen) atoms. The molecule has 0 radical (unpaired) electrons. The molecule has 2 aromatic rings. The lowest BCUT2D eigenvalue weighted by atomic mass is 9.60. The molecule has 10 aliphatic rings. The van der Waals surface area contributed by atoms with E-state index in [2.05, 4.69) is 65.7 Å². The lowest BCUT2D eigenvalue weighted by Crippen LogP contribution is -2.56. The number of esters is 1. The fraction of sp³-hybridized carbons (Fsp3) is 0.667. The van der Waals surface area contributed by atoms with Crippen LogP contribution in [0.2, 0.25) is 0 Å². The third kappa shape index (κ3) is 8.58. The number of fused-ring (bicyclic) bond motifs is 6. The first-order valence-corrected chi connectivity index (χ1v) is 29.1. The minimum absolute atomic E-state index is 0.0633. The van der Waals surface area contributed by atoms with Crippen LogP contribution in [0.25, 0.3) is 0 Å². The summed E-state index contributed by atoms with van der Waals surface area (Å²) in [5, 5.41) is 27.9. The minimum atomic E-state index is -0.600. The van der Waals surface area contributed by atoms with E-state index in [0.717, 1.165) is 100 Å². The second kappa shape index (κ2) is 19.0. The van der Waals surface area contributed by atoms with Gasteiger partial charge >= 0.3 is 5.97 Å². The zero-order valence-electron chi connectivity index (χ0n) is 40.8. The normalized spacial score (nSPS) is 38.8. The molecule has 11 atom stereocenters. The number of hydrogen-bond acceptors (Lipinski definition) is 11. The number of carbonyl (C=O) groups is 2. The van der Waals surface area contributed by atoms with Gasteiger partial charge in [-0.2, -0.15) is 0 Å². The molecule has 12 heteroatoms. The van der Waals surface area contributed by atoms with Crippen LogP contribution in [0.1, 0.15) is 176 Å². The molecule has 4 saturated carbocycles. The highest BCUT2D eigenvalue weighted by molar-refractivity contribution is 8.77. The molecule has 12 rings (SSSR count). The van der Waals surface area contributed by atoms with Gasteiger partial charge in [0.25, 0.3) is 0 Å². The molecular weight excluding hydrogens is 901 g/mol. The Labute approximate surface area is 417 Å². The van der Waals surface area contributed by atoms with Crippen molar-refractivity contribution in [2.24, 2.45) is 38.8 Å². The standard InChI is InChI=1S/C57H74N4O6S2/c1-38(62)66-46-18-17-41-30-43(50(65)51-49(41)42-20-28-56(67-51)24-10-15-44(56)31-42)35-61-37-55(34-48(61)64)47(40-13-5-4-6-14-40)21-27-54(55)22-9-12-39-19-26-53(33-39)23-11-25-57(53,60-52(58)59-36-54)69-68-29-8-3-2-7-16-45(63)32-46/h4-6,13-14,20,28,30,39,42,44-47,63,65H,2-3,7-8,10-12,15-19,21,23-27,29,31-37H2,1H3,(H3,58,59,60). The quantitative estimate of drug-likeness (QED) is 0.0993. The SMILES string of the molecule is CC(=O)OC1CCc2cc(c(O)c3c2C2C=CC4(CCCC4C2)O3)CN2CC3(CC2=O)C(c2ccccc2)CCC32C#CCC3CCC4(CCCC4(NC(N)=NC2)SSCCCCCCC(O)C1)C3. The molecule has 0 aromatic heterocycles. The lowest BCUT2D eigenvalue weighted by molar-refractivity contribution is -0.148. The van der Waals surface area contributed by atoms with Gasteiger partial charge in [-0.3, -0.25) is 14.6 Å². The van der Waals surface area contributed by atoms with E-state index in [1.165, 1.54) is 38.2 Å². The Morgan fingerprint density at radius 3 is 2.72 bits per heavy atom. The van der Waals surface area contributed by atoms with E-state index < -0.39 is 28.6 Å². The number of guanidine groups is 1. The Kier molecular flexibility index (Phi) is 13.1. The highest BCUT2D eigenvalue weighted by atomic mass is 33.1. The molecule has 11 unspecified atom stereocenters. The van der Waals surface area contributed by atoms with Crippen molar-refractivity contribution in [3.05, 3.63) is 70.8 Å². The Morgan fingerprint density at radius 2 is 1.86 bits per heavy atom. The van der Waals surface area contributed by atoms with Gasteiger partial charge in [0.05, 0.1) is 18.1 Å². The Morgan fingerprint density at radius 1 is 0.986 bits per heavy atom. The predicted octanol–water partition coefficient (Wildman–Crippen LogP) is 10.6. The number of benzene rings is 2. The van der Waals surface area contributed by atoms with E-state index in [-0.39, 0.29) is 46.3 Å². The number of aliphatic hydroxyl groups excluding tert-OH is 1. The van der Waals surface area contributed by atoms with Gasteiger partial charge in [0.1, 0.15) is 16.6 Å². The number of aromatic hydroxyl groups is 1. The molecule has 1 amide bonds. The van der Waals surface area contributed by atoms with Crippen molar-refractivity contribution in [1.82, 2.24) is 10.2 Å². The average molecular weight is 975 g/mol. The molecule has 10 nitrogen and oxygen atoms in total. The number of carbonyl (C=O) groups excluding carboxylic acids is 2. The van der Waals surface area contributed by atoms with Crippen LogP contribution in [-0.2, 0) is 27.3 Å². The Bertz CT molecular complexity index is 2420. The second-order valence-corrected chi connectivity index (χ2v) is 25.7. The fourth-order valence-electron chi connectivity index (χ4n) is 15.7. The predicted molar refractivity (Wildman–Crippen MR) is 275 cm³/mol. The monoisotopic (exact) mass is 975 g/mol. The Hall–Kier alpha value is -3.79. The van der Waals surface area contributed by atoms with Crippen molar-refractivity contribution in [3.8, 4) is 23.3 Å². The summed E-state index contributed by atoms with van der Waals surface area (Å²) in [6.45, 7) is 2.59. The molecule has 1 saturated heterocycles. The van der Waals surface area contributed by atoms with Gasteiger partial charge in [-0.15, -0.1) is 5.92 Å². The van der Waals surface area contributed by atoms with E-state index >= 15 is 4.79 Å². The maximum Gasteiger partial charge on any atom is 0.302 e. The molecule has 2 aromatic carbocycles. The van der Waals surface area contributed by atoms with Crippen LogP contribution in [0.5, 0.6) is 11.5 Å². The number of phenolic OH excluding ortho intramolecular Hbond substituents is 1. The van der Waals surface area contributed by atoms with Crippen LogP contribution in [-0.4, -0.2) is 74.5 Å². The highest BCUT2D eigenvalue weighted by Crippen LogP contribution is 2.67. The van der Waals surface area contributed by atoms with Crippen LogP contribution >= 0.6 is 21.6 Å². The molecule has 5 fully saturated rings. The average Bonchev–Trinajstić information content (AvgIpc) is 4.12. The summed E-state index contributed by atoms with van der Waals surface area (Å²) in [4.78, 5) is 34.8. The maximum absolute atomic E-state index is 15.1. The number of phenols is 1. The van der Waals surface area contributed by atoms with E-state index in [9.17, 15) is 15.0 Å². The zero-order valence-corrected chi connectivity index (χ0v) is 42.4. The van der Waals surface area contributed by atoms with Crippen molar-refractivity contribution >= 4 is 39.4 Å². The number of nitrogens with zero attached hydrogens (tertiary/aromatic N) is 2. The third-order valence-corrected chi connectivity index (χ3v) is 22.4. The van der Waals surface area contributed by atoms with Gasteiger partial charge in [-0.05, 0) is 138 Å². The number of hydrogen-bond donors (Lipinski definition) is 4. The number of amides is 1. The van der Waals surface area contributed by atoms with E-state index in [4.69, 9.17) is 20.2 Å². The van der Waals surface area contributed by atoms with Crippen molar-refractivity contribution in [1.29, 1.82) is 0 Å². The van der Waals surface area contributed by atoms with Gasteiger partial charge in [0.15, 0.2) is 17.5 Å². The summed E-state index contributed by atoms with van der Waals surface area (Å²) in [6.07, 6.45) is 23.7. The first kappa shape index (κ1) is 47.5. The van der Waals surface area contributed by atoms with E-state index in [0.29, 0.717) is 74.3 Å². The van der Waals surface area contributed by atoms with Gasteiger partial charge in [0, 0.05) is 78.8 Å². The topological polar surface area (TPSA) is 147 Å². The second-order valence-electron chi connectivity index (χ2n) is 23.0. The van der Waals surface area contributed by atoms with Crippen LogP contribution < -0.4 is 15.8 Å². The maximum atomic E-state index is 15.1. The molecule has 10 bridgehead atoms. The number of aryl methyl sites for hydroxylation is 1. The summed E-state index contributed by atoms with van der Waals surface area (Å²) < 4.78 is 13.1. The largest absolute Gasteiger partial charge is 0.504 e.